The van der Waals surface area contributed by atoms with Crippen LogP contribution in [-0.2, 0) is 12.8 Å². The van der Waals surface area contributed by atoms with E-state index in [0.717, 1.165) is 25.0 Å². The minimum absolute atomic E-state index is 0.580. The number of hydrogen-bond acceptors (Lipinski definition) is 2. The molecule has 0 amide bonds. The zero-order valence-electron chi connectivity index (χ0n) is 9.95. The monoisotopic (exact) mass is 237 g/mol. The van der Waals surface area contributed by atoms with Gasteiger partial charge in [0.1, 0.15) is 5.75 Å². The van der Waals surface area contributed by atoms with E-state index in [9.17, 15) is 0 Å². The van der Waals surface area contributed by atoms with E-state index in [1.165, 1.54) is 11.1 Å². The number of rotatable bonds is 6. The molecule has 0 saturated heterocycles. The van der Waals surface area contributed by atoms with E-state index in [4.69, 9.17) is 22.7 Å². The summed E-state index contributed by atoms with van der Waals surface area (Å²) in [4.78, 5) is 0.580. The minimum Gasteiger partial charge on any atom is -0.494 e. The number of benzene rings is 1. The standard InChI is InChI=1S/C13H19NOS/c1-3-10-9-12(15-4-2)7-5-11(10)6-8-13(14)16/h5,7,9H,3-4,6,8H2,1-2H3,(H2,14,16). The number of thiocarbonyl (C=S) groups is 1. The van der Waals surface area contributed by atoms with Gasteiger partial charge in [-0.3, -0.25) is 0 Å². The van der Waals surface area contributed by atoms with Crippen LogP contribution in [0.5, 0.6) is 5.75 Å². The summed E-state index contributed by atoms with van der Waals surface area (Å²) < 4.78 is 5.48. The molecule has 0 fully saturated rings. The van der Waals surface area contributed by atoms with Crippen molar-refractivity contribution in [1.82, 2.24) is 0 Å². The zero-order chi connectivity index (χ0) is 12.0. The lowest BCUT2D eigenvalue weighted by atomic mass is 10.0. The Hall–Kier alpha value is -1.09. The molecule has 0 bridgehead atoms. The molecule has 1 aromatic rings. The van der Waals surface area contributed by atoms with Gasteiger partial charge in [0.25, 0.3) is 0 Å². The fourth-order valence-corrected chi connectivity index (χ4v) is 1.79. The summed E-state index contributed by atoms with van der Waals surface area (Å²) in [6, 6.07) is 6.23. The second kappa shape index (κ2) is 6.48. The van der Waals surface area contributed by atoms with E-state index < -0.39 is 0 Å². The van der Waals surface area contributed by atoms with E-state index >= 15 is 0 Å². The molecule has 16 heavy (non-hydrogen) atoms. The molecule has 0 radical (unpaired) electrons. The number of hydrogen-bond donors (Lipinski definition) is 1. The van der Waals surface area contributed by atoms with Crippen LogP contribution in [0.3, 0.4) is 0 Å². The Morgan fingerprint density at radius 2 is 2.06 bits per heavy atom. The highest BCUT2D eigenvalue weighted by Gasteiger charge is 2.03. The molecule has 0 unspecified atom stereocenters. The first-order valence-corrected chi connectivity index (χ1v) is 6.11. The number of ether oxygens (including phenoxy) is 1. The molecular formula is C13H19NOS. The Morgan fingerprint density at radius 1 is 1.31 bits per heavy atom. The van der Waals surface area contributed by atoms with Gasteiger partial charge in [0, 0.05) is 6.42 Å². The van der Waals surface area contributed by atoms with Crippen LogP contribution in [0, 0.1) is 0 Å². The third-order valence-corrected chi connectivity index (χ3v) is 2.71. The van der Waals surface area contributed by atoms with Crippen LogP contribution < -0.4 is 10.5 Å². The smallest absolute Gasteiger partial charge is 0.119 e. The molecule has 2 N–H and O–H groups in total. The van der Waals surface area contributed by atoms with E-state index in [1.807, 2.05) is 13.0 Å². The van der Waals surface area contributed by atoms with Crippen molar-refractivity contribution in [2.45, 2.75) is 33.1 Å². The quantitative estimate of drug-likeness (QED) is 0.773. The van der Waals surface area contributed by atoms with E-state index in [2.05, 4.69) is 19.1 Å². The van der Waals surface area contributed by atoms with Crippen molar-refractivity contribution < 1.29 is 4.74 Å². The van der Waals surface area contributed by atoms with Gasteiger partial charge in [-0.05, 0) is 43.0 Å². The predicted molar refractivity (Wildman–Crippen MR) is 72.1 cm³/mol. The lowest BCUT2D eigenvalue weighted by Crippen LogP contribution is -2.09. The van der Waals surface area contributed by atoms with Gasteiger partial charge < -0.3 is 10.5 Å². The van der Waals surface area contributed by atoms with Crippen LogP contribution >= 0.6 is 12.2 Å². The highest BCUT2D eigenvalue weighted by Crippen LogP contribution is 2.19. The topological polar surface area (TPSA) is 35.2 Å². The summed E-state index contributed by atoms with van der Waals surface area (Å²) in [6.45, 7) is 4.84. The maximum absolute atomic E-state index is 5.52. The van der Waals surface area contributed by atoms with Crippen LogP contribution in [0.1, 0.15) is 31.4 Å². The van der Waals surface area contributed by atoms with Crippen LogP contribution in [0.25, 0.3) is 0 Å². The molecule has 1 rings (SSSR count). The first-order valence-electron chi connectivity index (χ1n) is 5.70. The van der Waals surface area contributed by atoms with Gasteiger partial charge in [-0.15, -0.1) is 0 Å². The second-order valence-corrected chi connectivity index (χ2v) is 4.21. The van der Waals surface area contributed by atoms with E-state index in [0.29, 0.717) is 11.6 Å². The average Bonchev–Trinajstić information content (AvgIpc) is 2.27. The molecule has 0 heterocycles. The maximum atomic E-state index is 5.52. The molecule has 0 aliphatic carbocycles. The van der Waals surface area contributed by atoms with Crippen molar-refractivity contribution in [3.05, 3.63) is 29.3 Å². The zero-order valence-corrected chi connectivity index (χ0v) is 10.8. The highest BCUT2D eigenvalue weighted by molar-refractivity contribution is 7.80. The summed E-state index contributed by atoms with van der Waals surface area (Å²) in [5.41, 5.74) is 8.16. The minimum atomic E-state index is 0.580. The van der Waals surface area contributed by atoms with Gasteiger partial charge >= 0.3 is 0 Å². The normalized spacial score (nSPS) is 10.1. The molecular weight excluding hydrogens is 218 g/mol. The number of nitrogens with two attached hydrogens (primary N) is 1. The molecule has 0 atom stereocenters. The number of aryl methyl sites for hydroxylation is 2. The molecule has 0 aromatic heterocycles. The van der Waals surface area contributed by atoms with E-state index in [-0.39, 0.29) is 0 Å². The first kappa shape index (κ1) is 13.0. The SMILES string of the molecule is CCOc1ccc(CCC(N)=S)c(CC)c1. The van der Waals surface area contributed by atoms with Crippen LogP contribution in [-0.4, -0.2) is 11.6 Å². The highest BCUT2D eigenvalue weighted by atomic mass is 32.1. The van der Waals surface area contributed by atoms with Gasteiger partial charge in [0.05, 0.1) is 11.6 Å². The molecule has 0 aliphatic heterocycles. The molecule has 0 spiro atoms. The van der Waals surface area contributed by atoms with Crippen molar-refractivity contribution in [3.63, 3.8) is 0 Å². The second-order valence-electron chi connectivity index (χ2n) is 3.68. The predicted octanol–water partition coefficient (Wildman–Crippen LogP) is 2.87. The summed E-state index contributed by atoms with van der Waals surface area (Å²) >= 11 is 4.89. The van der Waals surface area contributed by atoms with Gasteiger partial charge in [-0.2, -0.15) is 0 Å². The molecule has 88 valence electrons. The molecule has 0 saturated carbocycles. The molecule has 2 nitrogen and oxygen atoms in total. The van der Waals surface area contributed by atoms with Crippen molar-refractivity contribution in [1.29, 1.82) is 0 Å². The fraction of sp³-hybridized carbons (Fsp3) is 0.462. The van der Waals surface area contributed by atoms with Gasteiger partial charge in [0.2, 0.25) is 0 Å². The lowest BCUT2D eigenvalue weighted by Gasteiger charge is -2.10. The lowest BCUT2D eigenvalue weighted by molar-refractivity contribution is 0.340. The third-order valence-electron chi connectivity index (χ3n) is 2.51. The Balaban J connectivity index is 2.80. The van der Waals surface area contributed by atoms with Gasteiger partial charge in [0.15, 0.2) is 0 Å². The largest absolute Gasteiger partial charge is 0.494 e. The Labute approximate surface area is 103 Å². The van der Waals surface area contributed by atoms with Crippen molar-refractivity contribution >= 4 is 17.2 Å². The van der Waals surface area contributed by atoms with Gasteiger partial charge in [-0.25, -0.2) is 0 Å². The summed E-state index contributed by atoms with van der Waals surface area (Å²) in [5, 5.41) is 0. The fourth-order valence-electron chi connectivity index (χ4n) is 1.69. The average molecular weight is 237 g/mol. The van der Waals surface area contributed by atoms with Crippen LogP contribution in [0.2, 0.25) is 0 Å². The summed E-state index contributed by atoms with van der Waals surface area (Å²) in [7, 11) is 0. The Bertz CT molecular complexity index is 363. The van der Waals surface area contributed by atoms with Crippen LogP contribution in [0.15, 0.2) is 18.2 Å². The first-order chi connectivity index (χ1) is 7.67. The summed E-state index contributed by atoms with van der Waals surface area (Å²) in [5.74, 6) is 0.943. The molecule has 1 aromatic carbocycles. The maximum Gasteiger partial charge on any atom is 0.119 e. The van der Waals surface area contributed by atoms with Crippen molar-refractivity contribution in [2.24, 2.45) is 5.73 Å². The van der Waals surface area contributed by atoms with Gasteiger partial charge in [-0.1, -0.05) is 25.2 Å². The Kier molecular flexibility index (Phi) is 5.26. The Morgan fingerprint density at radius 3 is 2.62 bits per heavy atom. The summed E-state index contributed by atoms with van der Waals surface area (Å²) in [6.07, 6.45) is 2.70. The third kappa shape index (κ3) is 3.81. The molecule has 0 aliphatic rings. The molecule has 3 heteroatoms. The van der Waals surface area contributed by atoms with Crippen LogP contribution in [0.4, 0.5) is 0 Å². The van der Waals surface area contributed by atoms with Crippen molar-refractivity contribution in [3.8, 4) is 5.75 Å². The van der Waals surface area contributed by atoms with E-state index in [1.54, 1.807) is 0 Å². The van der Waals surface area contributed by atoms with Crippen molar-refractivity contribution in [2.75, 3.05) is 6.61 Å².